The summed E-state index contributed by atoms with van der Waals surface area (Å²) in [5, 5.41) is 2.29. The van der Waals surface area contributed by atoms with E-state index in [9.17, 15) is 24.2 Å². The molecule has 1 amide bonds. The first-order chi connectivity index (χ1) is 9.35. The molecule has 0 bridgehead atoms. The molecule has 11 heteroatoms. The maximum absolute atomic E-state index is 12.5. The Morgan fingerprint density at radius 1 is 1.14 bits per heavy atom. The van der Waals surface area contributed by atoms with E-state index >= 15 is 0 Å². The fraction of sp³-hybridized carbons (Fsp3) is 0. The number of carbonyl (C=O) groups excluding carboxylic acids is 1. The Balaban J connectivity index is 2.20. The number of anilines is 1. The molecule has 1 aromatic carbocycles. The Kier molecular flexibility index (Phi) is 3.39. The predicted molar refractivity (Wildman–Crippen MR) is 75.6 cm³/mol. The summed E-state index contributed by atoms with van der Waals surface area (Å²) < 4.78 is 63.0. The molecule has 0 fully saturated rings. The fourth-order valence-corrected chi connectivity index (χ4v) is 3.16. The van der Waals surface area contributed by atoms with E-state index in [1.807, 2.05) is 0 Å². The number of benzene rings is 1. The van der Waals surface area contributed by atoms with Crippen LogP contribution < -0.4 is 5.32 Å². The zero-order valence-electron chi connectivity index (χ0n) is 9.83. The Hall–Kier alpha value is -1.20. The van der Waals surface area contributed by atoms with E-state index in [4.69, 9.17) is 0 Å². The van der Waals surface area contributed by atoms with Gasteiger partial charge in [0.25, 0.3) is 5.91 Å². The highest BCUT2D eigenvalue weighted by Crippen LogP contribution is 3.02. The molecule has 1 heterocycles. The van der Waals surface area contributed by atoms with E-state index in [2.05, 4.69) is 26.2 Å². The molecule has 116 valence electrons. The van der Waals surface area contributed by atoms with Crippen molar-refractivity contribution in [3.63, 3.8) is 0 Å². The van der Waals surface area contributed by atoms with Crippen molar-refractivity contribution in [1.82, 2.24) is 4.98 Å². The van der Waals surface area contributed by atoms with Gasteiger partial charge in [-0.3, -0.25) is 4.79 Å². The first kappa shape index (κ1) is 16.2. The SMILES string of the molecule is O=C(Nc1ccc(S(F)(F)(F)(F)F)cc1)c1cnc(Br)s1. The summed E-state index contributed by atoms with van der Waals surface area (Å²) in [4.78, 5) is 13.7. The minimum absolute atomic E-state index is 0.0323. The smallest absolute Gasteiger partial charge is 0.310 e. The second-order valence-electron chi connectivity index (χ2n) is 3.92. The molecule has 0 radical (unpaired) electrons. The largest absolute Gasteiger partial charge is 0.321 e. The molecule has 3 nitrogen and oxygen atoms in total. The number of nitrogens with zero attached hydrogens (tertiary/aromatic N) is 1. The third kappa shape index (κ3) is 4.14. The van der Waals surface area contributed by atoms with Gasteiger partial charge in [0.1, 0.15) is 9.77 Å². The summed E-state index contributed by atoms with van der Waals surface area (Å²) in [6.07, 6.45) is 1.27. The Bertz CT molecular complexity index is 698. The number of halogens is 6. The highest BCUT2D eigenvalue weighted by atomic mass is 79.9. The lowest BCUT2D eigenvalue weighted by atomic mass is 10.3. The second-order valence-corrected chi connectivity index (χ2v) is 8.64. The molecule has 1 aromatic heterocycles. The van der Waals surface area contributed by atoms with Gasteiger partial charge in [-0.15, -0.1) is 11.3 Å². The molecule has 0 aliphatic rings. The first-order valence-electron chi connectivity index (χ1n) is 5.12. The van der Waals surface area contributed by atoms with Crippen molar-refractivity contribution >= 4 is 49.1 Å². The highest BCUT2D eigenvalue weighted by Gasteiger charge is 2.65. The monoisotopic (exact) mass is 408 g/mol. The third-order valence-corrected chi connectivity index (χ3v) is 4.90. The van der Waals surface area contributed by atoms with Crippen LogP contribution in [0.4, 0.5) is 25.1 Å². The average molecular weight is 409 g/mol. The van der Waals surface area contributed by atoms with E-state index in [0.717, 1.165) is 23.5 Å². The van der Waals surface area contributed by atoms with Gasteiger partial charge in [0.05, 0.1) is 6.20 Å². The average Bonchev–Trinajstić information content (AvgIpc) is 2.73. The normalized spacial score (nSPS) is 15.1. The van der Waals surface area contributed by atoms with Gasteiger partial charge in [0.15, 0.2) is 3.92 Å². The van der Waals surface area contributed by atoms with Gasteiger partial charge >= 0.3 is 10.2 Å². The molecule has 0 saturated heterocycles. The van der Waals surface area contributed by atoms with Crippen LogP contribution in [0.1, 0.15) is 9.67 Å². The van der Waals surface area contributed by atoms with E-state index in [1.165, 1.54) is 6.20 Å². The number of aromatic nitrogens is 1. The molecule has 1 N–H and O–H groups in total. The summed E-state index contributed by atoms with van der Waals surface area (Å²) in [6, 6.07) is 2.00. The number of hydrogen-bond donors (Lipinski definition) is 1. The Morgan fingerprint density at radius 3 is 2.14 bits per heavy atom. The van der Waals surface area contributed by atoms with Crippen LogP contribution in [0.3, 0.4) is 0 Å². The van der Waals surface area contributed by atoms with Crippen molar-refractivity contribution in [2.45, 2.75) is 4.90 Å². The van der Waals surface area contributed by atoms with E-state index < -0.39 is 21.0 Å². The number of hydrogen-bond acceptors (Lipinski definition) is 3. The fourth-order valence-electron chi connectivity index (χ4n) is 1.35. The van der Waals surface area contributed by atoms with Crippen LogP contribution in [0.25, 0.3) is 0 Å². The lowest BCUT2D eigenvalue weighted by Crippen LogP contribution is -2.11. The van der Waals surface area contributed by atoms with Gasteiger partial charge < -0.3 is 5.32 Å². The van der Waals surface area contributed by atoms with Crippen LogP contribution in [-0.2, 0) is 0 Å². The molecule has 0 spiro atoms. The van der Waals surface area contributed by atoms with Crippen LogP contribution in [-0.4, -0.2) is 10.9 Å². The lowest BCUT2D eigenvalue weighted by Gasteiger charge is -2.40. The van der Waals surface area contributed by atoms with E-state index in [-0.39, 0.29) is 22.7 Å². The molecule has 2 aromatic rings. The molecule has 0 unspecified atom stereocenters. The van der Waals surface area contributed by atoms with E-state index in [0.29, 0.717) is 3.92 Å². The van der Waals surface area contributed by atoms with Crippen molar-refractivity contribution in [3.05, 3.63) is 39.3 Å². The van der Waals surface area contributed by atoms with Crippen molar-refractivity contribution in [2.24, 2.45) is 0 Å². The van der Waals surface area contributed by atoms with Gasteiger partial charge in [0.2, 0.25) is 0 Å². The van der Waals surface area contributed by atoms with Crippen LogP contribution in [0, 0.1) is 0 Å². The summed E-state index contributed by atoms with van der Waals surface area (Å²) in [7, 11) is -9.69. The molecule has 21 heavy (non-hydrogen) atoms. The molecule has 0 atom stereocenters. The van der Waals surface area contributed by atoms with Gasteiger partial charge in [-0.05, 0) is 40.2 Å². The highest BCUT2D eigenvalue weighted by molar-refractivity contribution is 9.11. The van der Waals surface area contributed by atoms with Crippen molar-refractivity contribution < 1.29 is 24.2 Å². The number of thiazole rings is 1. The first-order valence-corrected chi connectivity index (χ1v) is 8.68. The van der Waals surface area contributed by atoms with Crippen LogP contribution in [0.2, 0.25) is 0 Å². The zero-order chi connectivity index (χ0) is 16.0. The Labute approximate surface area is 128 Å². The maximum atomic E-state index is 12.5. The quantitative estimate of drug-likeness (QED) is 0.650. The van der Waals surface area contributed by atoms with E-state index in [1.54, 1.807) is 0 Å². The topological polar surface area (TPSA) is 42.0 Å². The van der Waals surface area contributed by atoms with Gasteiger partial charge in [-0.25, -0.2) is 4.98 Å². The molecule has 0 saturated carbocycles. The Morgan fingerprint density at radius 2 is 1.71 bits per heavy atom. The van der Waals surface area contributed by atoms with Gasteiger partial charge in [0, 0.05) is 5.69 Å². The van der Waals surface area contributed by atoms with Crippen molar-refractivity contribution in [3.8, 4) is 0 Å². The van der Waals surface area contributed by atoms with Crippen LogP contribution >= 0.6 is 37.5 Å². The standard InChI is InChI=1S/C10H6BrF5N2OS2/c11-10-17-5-8(20-10)9(19)18-6-1-3-7(4-2-6)21(12,13,14,15)16/h1-5H,(H,18,19). The van der Waals surface area contributed by atoms with Crippen LogP contribution in [0.5, 0.6) is 0 Å². The van der Waals surface area contributed by atoms with Gasteiger partial charge in [-0.2, -0.15) is 0 Å². The summed E-state index contributed by atoms with van der Waals surface area (Å²) >= 11 is 4.07. The predicted octanol–water partition coefficient (Wildman–Crippen LogP) is 5.82. The summed E-state index contributed by atoms with van der Waals surface area (Å²) in [5.74, 6) is -0.599. The zero-order valence-corrected chi connectivity index (χ0v) is 13.0. The minimum Gasteiger partial charge on any atom is -0.321 e. The maximum Gasteiger partial charge on any atom is 0.310 e. The minimum atomic E-state index is -9.69. The number of nitrogens with one attached hydrogen (secondary N) is 1. The van der Waals surface area contributed by atoms with Gasteiger partial charge in [-0.1, -0.05) is 19.4 Å². The number of rotatable bonds is 3. The van der Waals surface area contributed by atoms with Crippen molar-refractivity contribution in [2.75, 3.05) is 5.32 Å². The summed E-state index contributed by atoms with van der Waals surface area (Å²) in [6.45, 7) is 0. The third-order valence-electron chi connectivity index (χ3n) is 2.26. The number of amides is 1. The lowest BCUT2D eigenvalue weighted by molar-refractivity contribution is 0.103. The molecule has 2 rings (SSSR count). The van der Waals surface area contributed by atoms with Crippen LogP contribution in [0.15, 0.2) is 39.3 Å². The molecule has 0 aliphatic heterocycles. The molecular formula is C10H6BrF5N2OS2. The number of carbonyl (C=O) groups is 1. The summed E-state index contributed by atoms with van der Waals surface area (Å²) in [5.41, 5.74) is -0.0323. The van der Waals surface area contributed by atoms with Crippen molar-refractivity contribution in [1.29, 1.82) is 0 Å². The molecule has 0 aliphatic carbocycles. The second kappa shape index (κ2) is 4.40. The molecular weight excluding hydrogens is 403 g/mol.